The lowest BCUT2D eigenvalue weighted by atomic mass is 10.2. The van der Waals surface area contributed by atoms with Gasteiger partial charge in [0.15, 0.2) is 0 Å². The standard InChI is InChI=1S/C18H26N2O3S/c1-18(2,3)23-17(22)20-11-5-6-15(20)16(21)19-14-9-7-13(8-10-14)12-24-4/h7-10,15H,5-6,11-12H2,1-4H3,(H,19,21)/t15-/m0/s1. The van der Waals surface area contributed by atoms with Gasteiger partial charge in [-0.3, -0.25) is 9.69 Å². The number of likely N-dealkylation sites (tertiary alicyclic amines) is 1. The first-order chi connectivity index (χ1) is 11.3. The molecular weight excluding hydrogens is 324 g/mol. The van der Waals surface area contributed by atoms with Crippen LogP contribution in [0, 0.1) is 0 Å². The summed E-state index contributed by atoms with van der Waals surface area (Å²) in [7, 11) is 0. The normalized spacial score (nSPS) is 17.7. The third-order valence-corrected chi connectivity index (χ3v) is 4.34. The van der Waals surface area contributed by atoms with E-state index in [0.717, 1.165) is 17.9 Å². The highest BCUT2D eigenvalue weighted by Crippen LogP contribution is 2.22. The van der Waals surface area contributed by atoms with Gasteiger partial charge in [0.1, 0.15) is 11.6 Å². The fraction of sp³-hybridized carbons (Fsp3) is 0.556. The molecule has 0 aliphatic carbocycles. The highest BCUT2D eigenvalue weighted by Gasteiger charge is 2.36. The second-order valence-electron chi connectivity index (χ2n) is 6.95. The van der Waals surface area contributed by atoms with E-state index in [2.05, 4.69) is 11.6 Å². The number of carbonyl (C=O) groups excluding carboxylic acids is 2. The molecular formula is C18H26N2O3S. The first-order valence-electron chi connectivity index (χ1n) is 8.18. The first kappa shape index (κ1) is 18.6. The zero-order chi connectivity index (χ0) is 17.7. The van der Waals surface area contributed by atoms with Crippen molar-refractivity contribution in [3.8, 4) is 0 Å². The molecule has 1 saturated heterocycles. The number of nitrogens with one attached hydrogen (secondary N) is 1. The molecule has 132 valence electrons. The summed E-state index contributed by atoms with van der Waals surface area (Å²) >= 11 is 1.76. The van der Waals surface area contributed by atoms with Crippen LogP contribution in [0.15, 0.2) is 24.3 Å². The summed E-state index contributed by atoms with van der Waals surface area (Å²) in [6, 6.07) is 7.34. The molecule has 2 amide bonds. The summed E-state index contributed by atoms with van der Waals surface area (Å²) in [5, 5.41) is 2.91. The molecule has 5 nitrogen and oxygen atoms in total. The summed E-state index contributed by atoms with van der Waals surface area (Å²) in [4.78, 5) is 26.3. The highest BCUT2D eigenvalue weighted by atomic mass is 32.2. The lowest BCUT2D eigenvalue weighted by Crippen LogP contribution is -2.45. The molecule has 1 aromatic carbocycles. The fourth-order valence-corrected chi connectivity index (χ4v) is 3.18. The van der Waals surface area contributed by atoms with Gasteiger partial charge >= 0.3 is 6.09 Å². The second-order valence-corrected chi connectivity index (χ2v) is 7.82. The predicted octanol–water partition coefficient (Wildman–Crippen LogP) is 3.89. The Morgan fingerprint density at radius 3 is 2.54 bits per heavy atom. The van der Waals surface area contributed by atoms with Gasteiger partial charge in [0.05, 0.1) is 0 Å². The quantitative estimate of drug-likeness (QED) is 0.895. The average Bonchev–Trinajstić information content (AvgIpc) is 2.97. The summed E-state index contributed by atoms with van der Waals surface area (Å²) < 4.78 is 5.40. The van der Waals surface area contributed by atoms with Crippen LogP contribution in [0.2, 0.25) is 0 Å². The minimum atomic E-state index is -0.562. The van der Waals surface area contributed by atoms with Crippen LogP contribution in [0.5, 0.6) is 0 Å². The predicted molar refractivity (Wildman–Crippen MR) is 98.3 cm³/mol. The molecule has 1 aliphatic rings. The Hall–Kier alpha value is -1.69. The van der Waals surface area contributed by atoms with Crippen molar-refractivity contribution in [1.82, 2.24) is 4.90 Å². The van der Waals surface area contributed by atoms with Gasteiger partial charge in [-0.15, -0.1) is 0 Å². The van der Waals surface area contributed by atoms with Crippen molar-refractivity contribution in [2.24, 2.45) is 0 Å². The summed E-state index contributed by atoms with van der Waals surface area (Å²) in [5.74, 6) is 0.791. The number of ether oxygens (including phenoxy) is 1. The first-order valence-corrected chi connectivity index (χ1v) is 9.58. The lowest BCUT2D eigenvalue weighted by molar-refractivity contribution is -0.120. The minimum absolute atomic E-state index is 0.157. The number of hydrogen-bond donors (Lipinski definition) is 1. The van der Waals surface area contributed by atoms with E-state index in [0.29, 0.717) is 13.0 Å². The third kappa shape index (κ3) is 5.16. The number of rotatable bonds is 4. The Kier molecular flexibility index (Phi) is 6.15. The molecule has 1 aromatic rings. The molecule has 0 unspecified atom stereocenters. The van der Waals surface area contributed by atoms with Crippen molar-refractivity contribution < 1.29 is 14.3 Å². The average molecular weight is 350 g/mol. The molecule has 0 spiro atoms. The van der Waals surface area contributed by atoms with Crippen LogP contribution in [0.1, 0.15) is 39.2 Å². The van der Waals surface area contributed by atoms with E-state index in [1.807, 2.05) is 45.0 Å². The molecule has 1 heterocycles. The Balaban J connectivity index is 1.98. The van der Waals surface area contributed by atoms with Crippen molar-refractivity contribution in [3.05, 3.63) is 29.8 Å². The fourth-order valence-electron chi connectivity index (χ4n) is 2.65. The molecule has 1 atom stereocenters. The van der Waals surface area contributed by atoms with E-state index in [-0.39, 0.29) is 5.91 Å². The molecule has 0 saturated carbocycles. The van der Waals surface area contributed by atoms with Gasteiger partial charge in [-0.25, -0.2) is 4.79 Å². The zero-order valence-corrected chi connectivity index (χ0v) is 15.6. The SMILES string of the molecule is CSCc1ccc(NC(=O)[C@@H]2CCCN2C(=O)OC(C)(C)C)cc1. The van der Waals surface area contributed by atoms with Crippen molar-refractivity contribution in [2.45, 2.75) is 51.0 Å². The van der Waals surface area contributed by atoms with Crippen LogP contribution < -0.4 is 5.32 Å². The largest absolute Gasteiger partial charge is 0.444 e. The maximum atomic E-state index is 12.5. The van der Waals surface area contributed by atoms with E-state index in [9.17, 15) is 9.59 Å². The van der Waals surface area contributed by atoms with Gasteiger partial charge < -0.3 is 10.1 Å². The molecule has 0 radical (unpaired) electrons. The van der Waals surface area contributed by atoms with Crippen LogP contribution >= 0.6 is 11.8 Å². The number of hydrogen-bond acceptors (Lipinski definition) is 4. The van der Waals surface area contributed by atoms with Crippen LogP contribution in [-0.2, 0) is 15.3 Å². The molecule has 6 heteroatoms. The smallest absolute Gasteiger partial charge is 0.410 e. The number of anilines is 1. The topological polar surface area (TPSA) is 58.6 Å². The molecule has 0 aromatic heterocycles. The third-order valence-electron chi connectivity index (χ3n) is 3.72. The van der Waals surface area contributed by atoms with Crippen molar-refractivity contribution in [3.63, 3.8) is 0 Å². The molecule has 1 fully saturated rings. The van der Waals surface area contributed by atoms with Crippen molar-refractivity contribution >= 4 is 29.4 Å². The maximum Gasteiger partial charge on any atom is 0.410 e. The monoisotopic (exact) mass is 350 g/mol. The van der Waals surface area contributed by atoms with E-state index in [1.165, 1.54) is 10.5 Å². The second kappa shape index (κ2) is 7.92. The van der Waals surface area contributed by atoms with Crippen LogP contribution in [-0.4, -0.2) is 41.3 Å². The van der Waals surface area contributed by atoms with Gasteiger partial charge in [0.25, 0.3) is 0 Å². The number of benzene rings is 1. The minimum Gasteiger partial charge on any atom is -0.444 e. The molecule has 24 heavy (non-hydrogen) atoms. The van der Waals surface area contributed by atoms with Gasteiger partial charge in [-0.05, 0) is 57.6 Å². The lowest BCUT2D eigenvalue weighted by Gasteiger charge is -2.28. The van der Waals surface area contributed by atoms with Gasteiger partial charge in [-0.1, -0.05) is 12.1 Å². The van der Waals surface area contributed by atoms with Crippen LogP contribution in [0.4, 0.5) is 10.5 Å². The van der Waals surface area contributed by atoms with Gasteiger partial charge in [0, 0.05) is 18.0 Å². The number of nitrogens with zero attached hydrogens (tertiary/aromatic N) is 1. The number of carbonyl (C=O) groups is 2. The Labute approximate surface area is 148 Å². The van der Waals surface area contributed by atoms with E-state index in [1.54, 1.807) is 11.8 Å². The summed E-state index contributed by atoms with van der Waals surface area (Å²) in [6.07, 6.45) is 3.11. The van der Waals surface area contributed by atoms with Crippen LogP contribution in [0.3, 0.4) is 0 Å². The number of amides is 2. The molecule has 1 aliphatic heterocycles. The summed E-state index contributed by atoms with van der Waals surface area (Å²) in [6.45, 7) is 6.03. The maximum absolute atomic E-state index is 12.5. The Morgan fingerprint density at radius 2 is 1.96 bits per heavy atom. The molecule has 1 N–H and O–H groups in total. The van der Waals surface area contributed by atoms with Gasteiger partial charge in [0.2, 0.25) is 5.91 Å². The van der Waals surface area contributed by atoms with Crippen molar-refractivity contribution in [1.29, 1.82) is 0 Å². The van der Waals surface area contributed by atoms with E-state index < -0.39 is 17.7 Å². The van der Waals surface area contributed by atoms with E-state index in [4.69, 9.17) is 4.74 Å². The number of thioether (sulfide) groups is 1. The van der Waals surface area contributed by atoms with Gasteiger partial charge in [-0.2, -0.15) is 11.8 Å². The highest BCUT2D eigenvalue weighted by molar-refractivity contribution is 7.97. The van der Waals surface area contributed by atoms with E-state index >= 15 is 0 Å². The Morgan fingerprint density at radius 1 is 1.29 bits per heavy atom. The summed E-state index contributed by atoms with van der Waals surface area (Å²) in [5.41, 5.74) is 1.41. The van der Waals surface area contributed by atoms with Crippen LogP contribution in [0.25, 0.3) is 0 Å². The molecule has 2 rings (SSSR count). The molecule has 0 bridgehead atoms. The Bertz CT molecular complexity index is 581. The zero-order valence-electron chi connectivity index (χ0n) is 14.8. The van der Waals surface area contributed by atoms with Crippen molar-refractivity contribution in [2.75, 3.05) is 18.1 Å².